The second-order valence-corrected chi connectivity index (χ2v) is 7.59. The Kier molecular flexibility index (Phi) is 12.1. The number of hydrogen-bond donors (Lipinski definition) is 2. The lowest BCUT2D eigenvalue weighted by Gasteiger charge is -2.35. The highest BCUT2D eigenvalue weighted by molar-refractivity contribution is 14.0. The summed E-state index contributed by atoms with van der Waals surface area (Å²) in [6.07, 6.45) is 4.93. The monoisotopic (exact) mass is 481 g/mol. The zero-order valence-corrected chi connectivity index (χ0v) is 19.5. The molecular weight excluding hydrogens is 441 g/mol. The lowest BCUT2D eigenvalue weighted by Crippen LogP contribution is -2.50. The molecule has 0 radical (unpaired) electrons. The first kappa shape index (κ1) is 23.9. The number of likely N-dealkylation sites (tertiary alicyclic amines) is 2. The molecule has 2 saturated heterocycles. The quantitative estimate of drug-likeness (QED) is 0.316. The molecule has 1 atom stereocenters. The van der Waals surface area contributed by atoms with Crippen LogP contribution in [0.15, 0.2) is 4.99 Å². The Morgan fingerprint density at radius 3 is 2.54 bits per heavy atom. The van der Waals surface area contributed by atoms with E-state index in [4.69, 9.17) is 9.73 Å². The molecule has 2 fully saturated rings. The Bertz CT molecular complexity index is 399. The van der Waals surface area contributed by atoms with E-state index < -0.39 is 0 Å². The van der Waals surface area contributed by atoms with Crippen molar-refractivity contribution in [2.75, 3.05) is 53.0 Å². The van der Waals surface area contributed by atoms with Gasteiger partial charge in [-0.2, -0.15) is 0 Å². The molecule has 2 heterocycles. The van der Waals surface area contributed by atoms with Gasteiger partial charge in [-0.1, -0.05) is 0 Å². The molecule has 26 heavy (non-hydrogen) atoms. The van der Waals surface area contributed by atoms with E-state index in [0.29, 0.717) is 18.1 Å². The van der Waals surface area contributed by atoms with E-state index in [9.17, 15) is 0 Å². The van der Waals surface area contributed by atoms with Crippen molar-refractivity contribution in [3.8, 4) is 0 Å². The van der Waals surface area contributed by atoms with Crippen molar-refractivity contribution in [1.29, 1.82) is 0 Å². The van der Waals surface area contributed by atoms with Crippen LogP contribution in [-0.2, 0) is 4.74 Å². The number of hydrogen-bond acceptors (Lipinski definition) is 4. The molecule has 154 valence electrons. The Morgan fingerprint density at radius 2 is 1.92 bits per heavy atom. The van der Waals surface area contributed by atoms with Gasteiger partial charge in [0.05, 0.1) is 13.2 Å². The smallest absolute Gasteiger partial charge is 0.191 e. The van der Waals surface area contributed by atoms with Crippen LogP contribution in [0.1, 0.15) is 46.5 Å². The average Bonchev–Trinajstić information content (AvgIpc) is 3.06. The Balaban J connectivity index is 0.00000338. The van der Waals surface area contributed by atoms with E-state index in [1.54, 1.807) is 7.11 Å². The summed E-state index contributed by atoms with van der Waals surface area (Å²) in [6, 6.07) is 1.76. The first-order valence-corrected chi connectivity index (χ1v) is 10.2. The first-order chi connectivity index (χ1) is 12.1. The minimum Gasteiger partial charge on any atom is -0.383 e. The molecule has 0 aliphatic carbocycles. The molecule has 0 aromatic heterocycles. The highest BCUT2D eigenvalue weighted by Gasteiger charge is 2.24. The van der Waals surface area contributed by atoms with Crippen LogP contribution in [0.4, 0.5) is 0 Å². The summed E-state index contributed by atoms with van der Waals surface area (Å²) in [7, 11) is 1.78. The van der Waals surface area contributed by atoms with Gasteiger partial charge in [0.25, 0.3) is 0 Å². The molecule has 0 saturated carbocycles. The number of rotatable bonds is 8. The van der Waals surface area contributed by atoms with E-state index in [1.165, 1.54) is 45.3 Å². The Labute approximate surface area is 177 Å². The molecule has 2 rings (SSSR count). The van der Waals surface area contributed by atoms with E-state index >= 15 is 0 Å². The SMILES string of the molecule is CCNC(=NCC1CCCN1CCOC)NC1CCN(C(C)C)CC1.I. The molecule has 6 nitrogen and oxygen atoms in total. The fraction of sp³-hybridized carbons (Fsp3) is 0.947. The van der Waals surface area contributed by atoms with Gasteiger partial charge in [-0.3, -0.25) is 9.89 Å². The van der Waals surface area contributed by atoms with Gasteiger partial charge >= 0.3 is 0 Å². The molecule has 0 spiro atoms. The number of ether oxygens (including phenoxy) is 1. The van der Waals surface area contributed by atoms with Crippen molar-refractivity contribution >= 4 is 29.9 Å². The molecule has 0 bridgehead atoms. The van der Waals surface area contributed by atoms with E-state index in [0.717, 1.165) is 32.2 Å². The van der Waals surface area contributed by atoms with Crippen molar-refractivity contribution < 1.29 is 4.74 Å². The fourth-order valence-corrected chi connectivity index (χ4v) is 3.88. The third kappa shape index (κ3) is 7.86. The van der Waals surface area contributed by atoms with Crippen LogP contribution in [0.25, 0.3) is 0 Å². The minimum atomic E-state index is 0. The maximum Gasteiger partial charge on any atom is 0.191 e. The summed E-state index contributed by atoms with van der Waals surface area (Å²) in [4.78, 5) is 9.99. The largest absolute Gasteiger partial charge is 0.383 e. The topological polar surface area (TPSA) is 52.1 Å². The number of methoxy groups -OCH3 is 1. The third-order valence-corrected chi connectivity index (χ3v) is 5.49. The van der Waals surface area contributed by atoms with Crippen LogP contribution < -0.4 is 10.6 Å². The van der Waals surface area contributed by atoms with Gasteiger partial charge < -0.3 is 20.3 Å². The molecule has 0 amide bonds. The van der Waals surface area contributed by atoms with E-state index in [1.807, 2.05) is 0 Å². The number of halogens is 1. The van der Waals surface area contributed by atoms with Gasteiger partial charge in [0.2, 0.25) is 0 Å². The molecule has 2 N–H and O–H groups in total. The summed E-state index contributed by atoms with van der Waals surface area (Å²) in [5.74, 6) is 0.990. The van der Waals surface area contributed by atoms with Gasteiger partial charge in [0.15, 0.2) is 5.96 Å². The van der Waals surface area contributed by atoms with Crippen molar-refractivity contribution in [2.45, 2.75) is 64.6 Å². The summed E-state index contributed by atoms with van der Waals surface area (Å²) < 4.78 is 5.24. The summed E-state index contributed by atoms with van der Waals surface area (Å²) in [5, 5.41) is 7.10. The van der Waals surface area contributed by atoms with E-state index in [-0.39, 0.29) is 24.0 Å². The minimum absolute atomic E-state index is 0. The number of piperidine rings is 1. The number of nitrogens with one attached hydrogen (secondary N) is 2. The van der Waals surface area contributed by atoms with Crippen LogP contribution in [0, 0.1) is 0 Å². The second kappa shape index (κ2) is 13.1. The molecule has 1 unspecified atom stereocenters. The Morgan fingerprint density at radius 1 is 1.19 bits per heavy atom. The number of nitrogens with zero attached hydrogens (tertiary/aromatic N) is 3. The standard InChI is InChI=1S/C19H39N5O.HI/c1-5-20-19(22-17-8-11-23(12-9-17)16(2)3)21-15-18-7-6-10-24(18)13-14-25-4;/h16-18H,5-15H2,1-4H3,(H2,20,21,22);1H. The molecule has 7 heteroatoms. The first-order valence-electron chi connectivity index (χ1n) is 10.2. The lowest BCUT2D eigenvalue weighted by molar-refractivity contribution is 0.142. The molecular formula is C19H40IN5O. The van der Waals surface area contributed by atoms with Crippen molar-refractivity contribution in [2.24, 2.45) is 4.99 Å². The predicted octanol–water partition coefficient (Wildman–Crippen LogP) is 2.14. The fourth-order valence-electron chi connectivity index (χ4n) is 3.88. The number of guanidine groups is 1. The third-order valence-electron chi connectivity index (χ3n) is 5.49. The highest BCUT2D eigenvalue weighted by Crippen LogP contribution is 2.17. The van der Waals surface area contributed by atoms with Gasteiger partial charge in [-0.05, 0) is 53.0 Å². The van der Waals surface area contributed by atoms with E-state index in [2.05, 4.69) is 41.2 Å². The average molecular weight is 481 g/mol. The van der Waals surface area contributed by atoms with Crippen LogP contribution in [0.3, 0.4) is 0 Å². The second-order valence-electron chi connectivity index (χ2n) is 7.59. The molecule has 2 aliphatic heterocycles. The van der Waals surface area contributed by atoms with Crippen molar-refractivity contribution in [3.63, 3.8) is 0 Å². The van der Waals surface area contributed by atoms with Crippen LogP contribution in [0.5, 0.6) is 0 Å². The van der Waals surface area contributed by atoms with Gasteiger partial charge in [-0.15, -0.1) is 24.0 Å². The number of aliphatic imine (C=N–C) groups is 1. The predicted molar refractivity (Wildman–Crippen MR) is 121 cm³/mol. The van der Waals surface area contributed by atoms with Gasteiger partial charge in [0, 0.05) is 51.4 Å². The molecule has 0 aromatic rings. The van der Waals surface area contributed by atoms with Crippen molar-refractivity contribution in [1.82, 2.24) is 20.4 Å². The zero-order chi connectivity index (χ0) is 18.1. The molecule has 0 aromatic carbocycles. The lowest BCUT2D eigenvalue weighted by atomic mass is 10.0. The summed E-state index contributed by atoms with van der Waals surface area (Å²) in [6.45, 7) is 13.9. The maximum atomic E-state index is 5.24. The maximum absolute atomic E-state index is 5.24. The zero-order valence-electron chi connectivity index (χ0n) is 17.2. The van der Waals surface area contributed by atoms with Crippen LogP contribution in [-0.4, -0.2) is 86.9 Å². The van der Waals surface area contributed by atoms with Crippen LogP contribution in [0.2, 0.25) is 0 Å². The van der Waals surface area contributed by atoms with Crippen molar-refractivity contribution in [3.05, 3.63) is 0 Å². The van der Waals surface area contributed by atoms with Crippen LogP contribution >= 0.6 is 24.0 Å². The highest BCUT2D eigenvalue weighted by atomic mass is 127. The normalized spacial score (nSPS) is 23.3. The van der Waals surface area contributed by atoms with Gasteiger partial charge in [0.1, 0.15) is 0 Å². The summed E-state index contributed by atoms with van der Waals surface area (Å²) >= 11 is 0. The molecule has 2 aliphatic rings. The Hall–Kier alpha value is -0.120. The summed E-state index contributed by atoms with van der Waals surface area (Å²) in [5.41, 5.74) is 0. The van der Waals surface area contributed by atoms with Gasteiger partial charge in [-0.25, -0.2) is 0 Å².